The molecule has 0 heterocycles. The molecule has 0 saturated heterocycles. The summed E-state index contributed by atoms with van der Waals surface area (Å²) in [7, 11) is 1.20. The number of carboxylic acids is 1. The summed E-state index contributed by atoms with van der Waals surface area (Å²) in [6.45, 7) is 0. The van der Waals surface area contributed by atoms with Crippen molar-refractivity contribution in [1.29, 1.82) is 0 Å². The molecule has 2 N–H and O–H groups in total. The van der Waals surface area contributed by atoms with Crippen molar-refractivity contribution in [1.82, 2.24) is 0 Å². The minimum absolute atomic E-state index is 0.0657. The Balaban J connectivity index is 2.89. The van der Waals surface area contributed by atoms with E-state index in [1.165, 1.54) is 13.2 Å². The molecule has 0 spiro atoms. The lowest BCUT2D eigenvalue weighted by Gasteiger charge is -2.22. The van der Waals surface area contributed by atoms with Crippen molar-refractivity contribution >= 4 is 11.9 Å². The third-order valence-corrected chi connectivity index (χ3v) is 2.21. The van der Waals surface area contributed by atoms with E-state index in [9.17, 15) is 14.7 Å². The van der Waals surface area contributed by atoms with Crippen LogP contribution in [0.4, 0.5) is 0 Å². The number of ether oxygens (including phenoxy) is 1. The molecule has 0 radical (unpaired) electrons. The van der Waals surface area contributed by atoms with Crippen molar-refractivity contribution in [3.8, 4) is 0 Å². The highest BCUT2D eigenvalue weighted by molar-refractivity contribution is 5.95. The monoisotopic (exact) mass is 200 g/mol. The Labute approximate surface area is 81.0 Å². The third-order valence-electron chi connectivity index (χ3n) is 2.21. The summed E-state index contributed by atoms with van der Waals surface area (Å²) in [5.74, 6) is -2.70. The van der Waals surface area contributed by atoms with Crippen molar-refractivity contribution in [3.05, 3.63) is 11.6 Å². The minimum Gasteiger partial charge on any atom is -0.481 e. The molecule has 1 aliphatic carbocycles. The first-order valence-corrected chi connectivity index (χ1v) is 4.25. The number of hydrogen-bond donors (Lipinski definition) is 2. The lowest BCUT2D eigenvalue weighted by molar-refractivity contribution is -0.146. The first-order valence-electron chi connectivity index (χ1n) is 4.25. The van der Waals surface area contributed by atoms with E-state index >= 15 is 0 Å². The highest BCUT2D eigenvalue weighted by Crippen LogP contribution is 2.26. The molecule has 0 aromatic heterocycles. The van der Waals surface area contributed by atoms with Gasteiger partial charge in [-0.3, -0.25) is 4.79 Å². The molecule has 0 aromatic carbocycles. The van der Waals surface area contributed by atoms with Crippen LogP contribution in [-0.2, 0) is 14.3 Å². The normalized spacial score (nSPS) is 26.6. The number of aliphatic hydroxyl groups excluding tert-OH is 1. The maximum Gasteiger partial charge on any atom is 0.334 e. The number of aliphatic hydroxyl groups is 1. The van der Waals surface area contributed by atoms with E-state index in [1.807, 2.05) is 0 Å². The lowest BCUT2D eigenvalue weighted by Crippen LogP contribution is -2.30. The molecule has 5 heteroatoms. The molecular weight excluding hydrogens is 188 g/mol. The summed E-state index contributed by atoms with van der Waals surface area (Å²) < 4.78 is 4.45. The summed E-state index contributed by atoms with van der Waals surface area (Å²) in [5, 5.41) is 18.1. The highest BCUT2D eigenvalue weighted by atomic mass is 16.5. The first-order chi connectivity index (χ1) is 6.56. The summed E-state index contributed by atoms with van der Waals surface area (Å²) in [6, 6.07) is 0. The second kappa shape index (κ2) is 4.23. The second-order valence-electron chi connectivity index (χ2n) is 3.17. The molecule has 2 unspecified atom stereocenters. The summed E-state index contributed by atoms with van der Waals surface area (Å²) in [6.07, 6.45) is 1.10. The highest BCUT2D eigenvalue weighted by Gasteiger charge is 2.33. The van der Waals surface area contributed by atoms with Crippen LogP contribution in [0.15, 0.2) is 11.6 Å². The molecule has 0 saturated carbocycles. The van der Waals surface area contributed by atoms with Gasteiger partial charge in [-0.2, -0.15) is 0 Å². The number of carbonyl (C=O) groups excluding carboxylic acids is 1. The molecule has 5 nitrogen and oxygen atoms in total. The molecule has 1 rings (SSSR count). The predicted octanol–water partition coefficient (Wildman–Crippen LogP) is -0.0587. The Bertz CT molecular complexity index is 281. The summed E-state index contributed by atoms with van der Waals surface area (Å²) in [5.41, 5.74) is 0.130. The van der Waals surface area contributed by atoms with Crippen LogP contribution in [0.5, 0.6) is 0 Å². The van der Waals surface area contributed by atoms with Crippen LogP contribution in [-0.4, -0.2) is 35.4 Å². The van der Waals surface area contributed by atoms with Gasteiger partial charge in [0.25, 0.3) is 0 Å². The molecule has 1 aliphatic rings. The van der Waals surface area contributed by atoms with Gasteiger partial charge in [0.05, 0.1) is 19.1 Å². The van der Waals surface area contributed by atoms with Gasteiger partial charge in [0.15, 0.2) is 0 Å². The van der Waals surface area contributed by atoms with E-state index in [0.717, 1.165) is 0 Å². The number of carboxylic acid groups (broad SMARTS) is 1. The maximum atomic E-state index is 11.2. The largest absolute Gasteiger partial charge is 0.481 e. The van der Waals surface area contributed by atoms with Crippen LogP contribution < -0.4 is 0 Å². The molecule has 0 amide bonds. The van der Waals surface area contributed by atoms with Crippen molar-refractivity contribution in [3.63, 3.8) is 0 Å². The predicted molar refractivity (Wildman–Crippen MR) is 46.5 cm³/mol. The average Bonchev–Trinajstić information content (AvgIpc) is 2.16. The average molecular weight is 200 g/mol. The van der Waals surface area contributed by atoms with Crippen LogP contribution >= 0.6 is 0 Å². The van der Waals surface area contributed by atoms with Gasteiger partial charge in [-0.25, -0.2) is 4.79 Å². The third kappa shape index (κ3) is 2.11. The minimum atomic E-state index is -1.11. The second-order valence-corrected chi connectivity index (χ2v) is 3.17. The number of aliphatic carboxylic acids is 1. The fourth-order valence-electron chi connectivity index (χ4n) is 1.48. The number of hydrogen-bond acceptors (Lipinski definition) is 4. The Morgan fingerprint density at radius 2 is 2.21 bits per heavy atom. The van der Waals surface area contributed by atoms with E-state index in [4.69, 9.17) is 5.11 Å². The standard InChI is InChI=1S/C9H12O5/c1-14-9(13)6-3-2-5(10)4-7(6)8(11)12/h3,5,7,10H,2,4H2,1H3,(H,11,12). The van der Waals surface area contributed by atoms with Gasteiger partial charge in [0, 0.05) is 5.57 Å². The van der Waals surface area contributed by atoms with Crippen LogP contribution in [0.2, 0.25) is 0 Å². The van der Waals surface area contributed by atoms with E-state index in [1.54, 1.807) is 0 Å². The van der Waals surface area contributed by atoms with Crippen molar-refractivity contribution in [2.45, 2.75) is 18.9 Å². The summed E-state index contributed by atoms with van der Waals surface area (Å²) >= 11 is 0. The zero-order valence-electron chi connectivity index (χ0n) is 7.77. The Morgan fingerprint density at radius 1 is 1.57 bits per heavy atom. The number of methoxy groups -OCH3 is 1. The Hall–Kier alpha value is -1.36. The molecular formula is C9H12O5. The number of esters is 1. The first kappa shape index (κ1) is 10.7. The van der Waals surface area contributed by atoms with Gasteiger partial charge in [-0.1, -0.05) is 6.08 Å². The Morgan fingerprint density at radius 3 is 2.71 bits per heavy atom. The van der Waals surface area contributed by atoms with E-state index in [0.29, 0.717) is 6.42 Å². The zero-order valence-corrected chi connectivity index (χ0v) is 7.77. The number of rotatable bonds is 2. The van der Waals surface area contributed by atoms with Crippen LogP contribution in [0, 0.1) is 5.92 Å². The van der Waals surface area contributed by atoms with Gasteiger partial charge in [0.1, 0.15) is 0 Å². The van der Waals surface area contributed by atoms with Crippen LogP contribution in [0.1, 0.15) is 12.8 Å². The SMILES string of the molecule is COC(=O)C1=CCC(O)CC1C(=O)O. The van der Waals surface area contributed by atoms with Gasteiger partial charge in [-0.05, 0) is 12.8 Å². The number of carbonyl (C=O) groups is 2. The fourth-order valence-corrected chi connectivity index (χ4v) is 1.48. The lowest BCUT2D eigenvalue weighted by atomic mass is 9.86. The van der Waals surface area contributed by atoms with Crippen molar-refractivity contribution in [2.24, 2.45) is 5.92 Å². The smallest absolute Gasteiger partial charge is 0.334 e. The van der Waals surface area contributed by atoms with Crippen molar-refractivity contribution in [2.75, 3.05) is 7.11 Å². The molecule has 0 fully saturated rings. The quantitative estimate of drug-likeness (QED) is 0.610. The summed E-state index contributed by atoms with van der Waals surface area (Å²) in [4.78, 5) is 21.9. The zero-order chi connectivity index (χ0) is 10.7. The van der Waals surface area contributed by atoms with E-state index in [-0.39, 0.29) is 12.0 Å². The van der Waals surface area contributed by atoms with Crippen molar-refractivity contribution < 1.29 is 24.5 Å². The molecule has 0 aromatic rings. The van der Waals surface area contributed by atoms with Crippen LogP contribution in [0.25, 0.3) is 0 Å². The maximum absolute atomic E-state index is 11.2. The molecule has 14 heavy (non-hydrogen) atoms. The van der Waals surface area contributed by atoms with Gasteiger partial charge in [0.2, 0.25) is 0 Å². The van der Waals surface area contributed by atoms with E-state index in [2.05, 4.69) is 4.74 Å². The molecule has 0 aliphatic heterocycles. The topological polar surface area (TPSA) is 83.8 Å². The van der Waals surface area contributed by atoms with Gasteiger partial charge >= 0.3 is 11.9 Å². The van der Waals surface area contributed by atoms with E-state index < -0.39 is 24.0 Å². The molecule has 2 atom stereocenters. The molecule has 0 bridgehead atoms. The molecule has 78 valence electrons. The van der Waals surface area contributed by atoms with Crippen LogP contribution in [0.3, 0.4) is 0 Å². The Kier molecular flexibility index (Phi) is 3.24. The van der Waals surface area contributed by atoms with Gasteiger partial charge in [-0.15, -0.1) is 0 Å². The fraction of sp³-hybridized carbons (Fsp3) is 0.556. The van der Waals surface area contributed by atoms with Gasteiger partial charge < -0.3 is 14.9 Å².